The molecule has 0 aliphatic rings. The second-order valence-electron chi connectivity index (χ2n) is 3.74. The van der Waals surface area contributed by atoms with Crippen LogP contribution >= 0.6 is 0 Å². The number of aromatic hydroxyl groups is 1. The Balaban J connectivity index is 2.55. The molecule has 1 N–H and O–H groups in total. The smallest absolute Gasteiger partial charge is 0.181 e. The van der Waals surface area contributed by atoms with Gasteiger partial charge in [0.05, 0.1) is 0 Å². The van der Waals surface area contributed by atoms with Crippen LogP contribution in [-0.4, -0.2) is 10.1 Å². The number of phenols is 1. The number of oxazole rings is 1. The molecule has 0 bridgehead atoms. The highest BCUT2D eigenvalue weighted by atomic mass is 16.3. The van der Waals surface area contributed by atoms with E-state index in [2.05, 4.69) is 4.98 Å². The van der Waals surface area contributed by atoms with Gasteiger partial charge in [0.15, 0.2) is 6.39 Å². The standard InChI is InChI=1S/C12H13NO2/c1-8(2)12-11(13-7-15-12)9-5-3-4-6-10(9)14/h3-8,14H,1-2H3. The van der Waals surface area contributed by atoms with E-state index in [1.807, 2.05) is 26.0 Å². The maximum Gasteiger partial charge on any atom is 0.181 e. The predicted octanol–water partition coefficient (Wildman–Crippen LogP) is 3.17. The minimum Gasteiger partial charge on any atom is -0.507 e. The van der Waals surface area contributed by atoms with Crippen LogP contribution in [0, 0.1) is 0 Å². The zero-order chi connectivity index (χ0) is 10.8. The van der Waals surface area contributed by atoms with Gasteiger partial charge in [0, 0.05) is 11.5 Å². The van der Waals surface area contributed by atoms with E-state index in [9.17, 15) is 5.11 Å². The van der Waals surface area contributed by atoms with E-state index in [0.29, 0.717) is 0 Å². The summed E-state index contributed by atoms with van der Waals surface area (Å²) in [4.78, 5) is 4.14. The molecule has 2 rings (SSSR count). The lowest BCUT2D eigenvalue weighted by molar-refractivity contribution is 0.474. The van der Waals surface area contributed by atoms with Crippen LogP contribution in [0.2, 0.25) is 0 Å². The van der Waals surface area contributed by atoms with Crippen molar-refractivity contribution in [1.29, 1.82) is 0 Å². The van der Waals surface area contributed by atoms with E-state index in [1.165, 1.54) is 6.39 Å². The largest absolute Gasteiger partial charge is 0.507 e. The summed E-state index contributed by atoms with van der Waals surface area (Å²) < 4.78 is 5.31. The average molecular weight is 203 g/mol. The van der Waals surface area contributed by atoms with Crippen LogP contribution in [-0.2, 0) is 0 Å². The molecule has 3 heteroatoms. The predicted molar refractivity (Wildman–Crippen MR) is 57.7 cm³/mol. The van der Waals surface area contributed by atoms with Crippen LogP contribution in [0.25, 0.3) is 11.3 Å². The molecule has 3 nitrogen and oxygen atoms in total. The average Bonchev–Trinajstić information content (AvgIpc) is 2.67. The van der Waals surface area contributed by atoms with Gasteiger partial charge in [-0.25, -0.2) is 4.98 Å². The fourth-order valence-electron chi connectivity index (χ4n) is 1.54. The second-order valence-corrected chi connectivity index (χ2v) is 3.74. The van der Waals surface area contributed by atoms with Crippen molar-refractivity contribution in [3.8, 4) is 17.0 Å². The minimum absolute atomic E-state index is 0.230. The molecule has 1 aromatic heterocycles. The van der Waals surface area contributed by atoms with Crippen LogP contribution in [0.1, 0.15) is 25.5 Å². The fourth-order valence-corrected chi connectivity index (χ4v) is 1.54. The van der Waals surface area contributed by atoms with E-state index >= 15 is 0 Å². The third-order valence-corrected chi connectivity index (χ3v) is 2.28. The number of aromatic nitrogens is 1. The van der Waals surface area contributed by atoms with Crippen LogP contribution < -0.4 is 0 Å². The highest BCUT2D eigenvalue weighted by Crippen LogP contribution is 2.33. The molecule has 0 unspecified atom stereocenters. The van der Waals surface area contributed by atoms with Crippen LogP contribution in [0.4, 0.5) is 0 Å². The maximum atomic E-state index is 9.71. The number of phenolic OH excluding ortho intramolecular Hbond substituents is 1. The molecule has 0 saturated carbocycles. The van der Waals surface area contributed by atoms with Crippen molar-refractivity contribution in [1.82, 2.24) is 4.98 Å². The van der Waals surface area contributed by atoms with Crippen LogP contribution in [0.5, 0.6) is 5.75 Å². The fraction of sp³-hybridized carbons (Fsp3) is 0.250. The topological polar surface area (TPSA) is 46.3 Å². The maximum absolute atomic E-state index is 9.71. The lowest BCUT2D eigenvalue weighted by Gasteiger charge is -2.05. The van der Waals surface area contributed by atoms with Crippen LogP contribution in [0.15, 0.2) is 35.1 Å². The third-order valence-electron chi connectivity index (χ3n) is 2.28. The molecule has 0 fully saturated rings. The Morgan fingerprint density at radius 1 is 1.27 bits per heavy atom. The molecule has 78 valence electrons. The Hall–Kier alpha value is -1.77. The van der Waals surface area contributed by atoms with Gasteiger partial charge < -0.3 is 9.52 Å². The summed E-state index contributed by atoms with van der Waals surface area (Å²) in [6, 6.07) is 7.13. The van der Waals surface area contributed by atoms with Gasteiger partial charge in [-0.1, -0.05) is 26.0 Å². The molecule has 0 spiro atoms. The molecule has 0 aliphatic carbocycles. The molecule has 15 heavy (non-hydrogen) atoms. The summed E-state index contributed by atoms with van der Waals surface area (Å²) in [7, 11) is 0. The Kier molecular flexibility index (Phi) is 2.46. The van der Waals surface area contributed by atoms with Crippen molar-refractivity contribution in [2.24, 2.45) is 0 Å². The van der Waals surface area contributed by atoms with Gasteiger partial charge in [-0.3, -0.25) is 0 Å². The molecule has 1 aromatic carbocycles. The van der Waals surface area contributed by atoms with Gasteiger partial charge in [-0.2, -0.15) is 0 Å². The van der Waals surface area contributed by atoms with Crippen molar-refractivity contribution in [3.63, 3.8) is 0 Å². The molecule has 1 heterocycles. The summed E-state index contributed by atoms with van der Waals surface area (Å²) in [5, 5.41) is 9.71. The summed E-state index contributed by atoms with van der Waals surface area (Å²) >= 11 is 0. The molecule has 0 saturated heterocycles. The van der Waals surface area contributed by atoms with Crippen molar-refractivity contribution in [2.75, 3.05) is 0 Å². The first kappa shape index (κ1) is 9.77. The van der Waals surface area contributed by atoms with Gasteiger partial charge in [0.25, 0.3) is 0 Å². The number of rotatable bonds is 2. The number of benzene rings is 1. The highest BCUT2D eigenvalue weighted by Gasteiger charge is 2.15. The first-order valence-corrected chi connectivity index (χ1v) is 4.92. The van der Waals surface area contributed by atoms with Gasteiger partial charge in [-0.05, 0) is 12.1 Å². The zero-order valence-corrected chi connectivity index (χ0v) is 8.77. The van der Waals surface area contributed by atoms with E-state index in [4.69, 9.17) is 4.42 Å². The van der Waals surface area contributed by atoms with Crippen molar-refractivity contribution >= 4 is 0 Å². The second kappa shape index (κ2) is 3.77. The lowest BCUT2D eigenvalue weighted by Crippen LogP contribution is -1.89. The van der Waals surface area contributed by atoms with Gasteiger partial charge in [-0.15, -0.1) is 0 Å². The molecular formula is C12H13NO2. The molecule has 0 radical (unpaired) electrons. The van der Waals surface area contributed by atoms with E-state index < -0.39 is 0 Å². The van der Waals surface area contributed by atoms with E-state index in [-0.39, 0.29) is 11.7 Å². The quantitative estimate of drug-likeness (QED) is 0.815. The Labute approximate surface area is 88.4 Å². The minimum atomic E-state index is 0.230. The Morgan fingerprint density at radius 3 is 2.67 bits per heavy atom. The zero-order valence-electron chi connectivity index (χ0n) is 8.77. The van der Waals surface area contributed by atoms with Gasteiger partial charge >= 0.3 is 0 Å². The summed E-state index contributed by atoms with van der Waals surface area (Å²) in [5.41, 5.74) is 1.44. The Morgan fingerprint density at radius 2 is 2.00 bits per heavy atom. The molecule has 0 amide bonds. The van der Waals surface area contributed by atoms with E-state index in [0.717, 1.165) is 17.0 Å². The lowest BCUT2D eigenvalue weighted by atomic mass is 10.0. The number of nitrogens with zero attached hydrogens (tertiary/aromatic N) is 1. The summed E-state index contributed by atoms with van der Waals surface area (Å²) in [6.07, 6.45) is 1.41. The number of para-hydroxylation sites is 1. The monoisotopic (exact) mass is 203 g/mol. The SMILES string of the molecule is CC(C)c1ocnc1-c1ccccc1O. The highest BCUT2D eigenvalue weighted by molar-refractivity contribution is 5.68. The summed E-state index contributed by atoms with van der Waals surface area (Å²) in [5.74, 6) is 1.28. The third kappa shape index (κ3) is 1.73. The van der Waals surface area contributed by atoms with Crippen molar-refractivity contribution in [2.45, 2.75) is 19.8 Å². The first-order chi connectivity index (χ1) is 7.20. The van der Waals surface area contributed by atoms with Crippen LogP contribution in [0.3, 0.4) is 0 Å². The van der Waals surface area contributed by atoms with Gasteiger partial charge in [0.1, 0.15) is 17.2 Å². The number of hydrogen-bond acceptors (Lipinski definition) is 3. The first-order valence-electron chi connectivity index (χ1n) is 4.92. The molecular weight excluding hydrogens is 190 g/mol. The van der Waals surface area contributed by atoms with Crippen molar-refractivity contribution in [3.05, 3.63) is 36.4 Å². The van der Waals surface area contributed by atoms with E-state index in [1.54, 1.807) is 12.1 Å². The number of hydrogen-bond donors (Lipinski definition) is 1. The normalized spacial score (nSPS) is 10.9. The molecule has 0 atom stereocenters. The molecule has 0 aliphatic heterocycles. The summed E-state index contributed by atoms with van der Waals surface area (Å²) in [6.45, 7) is 4.06. The van der Waals surface area contributed by atoms with Crippen molar-refractivity contribution < 1.29 is 9.52 Å². The van der Waals surface area contributed by atoms with Gasteiger partial charge in [0.2, 0.25) is 0 Å². The Bertz CT molecular complexity index is 460. The molecule has 2 aromatic rings.